The molecule has 0 atom stereocenters. The van der Waals surface area contributed by atoms with E-state index in [0.29, 0.717) is 23.3 Å². The smallest absolute Gasteiger partial charge is 0.170 e. The van der Waals surface area contributed by atoms with E-state index in [-0.39, 0.29) is 0 Å². The van der Waals surface area contributed by atoms with Gasteiger partial charge in [0.25, 0.3) is 0 Å². The Labute approximate surface area is 119 Å². The Bertz CT molecular complexity index is 732. The fourth-order valence-corrected chi connectivity index (χ4v) is 2.26. The zero-order valence-corrected chi connectivity index (χ0v) is 11.6. The highest BCUT2D eigenvalue weighted by molar-refractivity contribution is 6.31. The summed E-state index contributed by atoms with van der Waals surface area (Å²) in [4.78, 5) is 12.9. The average Bonchev–Trinajstić information content (AvgIpc) is 2.94. The minimum Gasteiger partial charge on any atom is -0.304 e. The Morgan fingerprint density at radius 3 is 2.84 bits per heavy atom. The SMILES string of the molecule is Cn1cnc(Cn2c(CCl)nc3cc(Cl)cnc32)n1. The van der Waals surface area contributed by atoms with Gasteiger partial charge in [0.2, 0.25) is 0 Å². The average molecular weight is 297 g/mol. The van der Waals surface area contributed by atoms with Crippen molar-refractivity contribution in [2.45, 2.75) is 12.4 Å². The maximum Gasteiger partial charge on any atom is 0.170 e. The van der Waals surface area contributed by atoms with Crippen LogP contribution in [0.5, 0.6) is 0 Å². The second kappa shape index (κ2) is 4.79. The number of imidazole rings is 1. The lowest BCUT2D eigenvalue weighted by atomic mass is 10.4. The first kappa shape index (κ1) is 12.4. The zero-order chi connectivity index (χ0) is 13.4. The number of pyridine rings is 1. The molecule has 3 rings (SSSR count). The van der Waals surface area contributed by atoms with E-state index in [1.54, 1.807) is 23.3 Å². The van der Waals surface area contributed by atoms with Gasteiger partial charge in [0.15, 0.2) is 11.5 Å². The standard InChI is InChI=1S/C11H10Cl2N6/c1-18-6-15-9(17-18)5-19-10(3-12)16-8-2-7(13)4-14-11(8)19/h2,4,6H,3,5H2,1H3. The number of halogens is 2. The number of rotatable bonds is 3. The summed E-state index contributed by atoms with van der Waals surface area (Å²) in [5, 5.41) is 4.80. The van der Waals surface area contributed by atoms with E-state index in [2.05, 4.69) is 20.1 Å². The van der Waals surface area contributed by atoms with Crippen molar-refractivity contribution in [1.82, 2.24) is 29.3 Å². The Kier molecular flexibility index (Phi) is 3.12. The van der Waals surface area contributed by atoms with E-state index in [1.807, 2.05) is 11.6 Å². The van der Waals surface area contributed by atoms with Gasteiger partial charge in [0.1, 0.15) is 17.7 Å². The lowest BCUT2D eigenvalue weighted by molar-refractivity contribution is 0.694. The quantitative estimate of drug-likeness (QED) is 0.694. The number of aryl methyl sites for hydroxylation is 1. The molecule has 98 valence electrons. The number of hydrogen-bond donors (Lipinski definition) is 0. The fourth-order valence-electron chi connectivity index (χ4n) is 1.90. The summed E-state index contributed by atoms with van der Waals surface area (Å²) >= 11 is 11.8. The first-order chi connectivity index (χ1) is 9.17. The monoisotopic (exact) mass is 296 g/mol. The zero-order valence-electron chi connectivity index (χ0n) is 10.1. The van der Waals surface area contributed by atoms with Gasteiger partial charge in [-0.1, -0.05) is 11.6 Å². The van der Waals surface area contributed by atoms with Crippen molar-refractivity contribution < 1.29 is 0 Å². The van der Waals surface area contributed by atoms with E-state index in [0.717, 1.165) is 17.0 Å². The number of fused-ring (bicyclic) bond motifs is 1. The summed E-state index contributed by atoms with van der Waals surface area (Å²) in [5.41, 5.74) is 1.45. The Balaban J connectivity index is 2.10. The van der Waals surface area contributed by atoms with Crippen LogP contribution in [-0.4, -0.2) is 29.3 Å². The van der Waals surface area contributed by atoms with E-state index < -0.39 is 0 Å². The van der Waals surface area contributed by atoms with Gasteiger partial charge in [-0.25, -0.2) is 15.0 Å². The van der Waals surface area contributed by atoms with Crippen LogP contribution in [-0.2, 0) is 19.5 Å². The first-order valence-corrected chi connectivity index (χ1v) is 6.50. The largest absolute Gasteiger partial charge is 0.304 e. The molecule has 0 amide bonds. The van der Waals surface area contributed by atoms with Gasteiger partial charge >= 0.3 is 0 Å². The summed E-state index contributed by atoms with van der Waals surface area (Å²) in [6, 6.07) is 1.77. The second-order valence-corrected chi connectivity index (χ2v) is 4.78. The molecule has 0 aromatic carbocycles. The Hall–Kier alpha value is -1.66. The highest BCUT2D eigenvalue weighted by atomic mass is 35.5. The lowest BCUT2D eigenvalue weighted by Crippen LogP contribution is -2.06. The fraction of sp³-hybridized carbons (Fsp3) is 0.273. The number of alkyl halides is 1. The molecule has 3 aromatic rings. The molecule has 0 aliphatic rings. The Morgan fingerprint density at radius 2 is 2.16 bits per heavy atom. The molecule has 0 unspecified atom stereocenters. The minimum absolute atomic E-state index is 0.292. The third kappa shape index (κ3) is 2.29. The molecule has 0 N–H and O–H groups in total. The molecular formula is C11H10Cl2N6. The molecule has 0 aliphatic carbocycles. The molecule has 19 heavy (non-hydrogen) atoms. The van der Waals surface area contributed by atoms with Crippen LogP contribution < -0.4 is 0 Å². The molecular weight excluding hydrogens is 287 g/mol. The van der Waals surface area contributed by atoms with Crippen molar-refractivity contribution in [3.8, 4) is 0 Å². The van der Waals surface area contributed by atoms with Crippen LogP contribution in [0.4, 0.5) is 0 Å². The summed E-state index contributed by atoms with van der Waals surface area (Å²) < 4.78 is 3.55. The third-order valence-electron chi connectivity index (χ3n) is 2.70. The molecule has 3 heterocycles. The summed E-state index contributed by atoms with van der Waals surface area (Å²) in [5.74, 6) is 1.70. The van der Waals surface area contributed by atoms with E-state index >= 15 is 0 Å². The molecule has 0 saturated carbocycles. The van der Waals surface area contributed by atoms with Crippen LogP contribution in [0.1, 0.15) is 11.6 Å². The maximum atomic E-state index is 5.92. The van der Waals surface area contributed by atoms with Crippen molar-refractivity contribution >= 4 is 34.4 Å². The number of nitrogens with zero attached hydrogens (tertiary/aromatic N) is 6. The van der Waals surface area contributed by atoms with E-state index in [1.165, 1.54) is 0 Å². The molecule has 6 nitrogen and oxygen atoms in total. The van der Waals surface area contributed by atoms with Gasteiger partial charge in [0, 0.05) is 13.2 Å². The molecule has 0 spiro atoms. The molecule has 0 saturated heterocycles. The predicted octanol–water partition coefficient (Wildman–Crippen LogP) is 2.00. The van der Waals surface area contributed by atoms with Gasteiger partial charge < -0.3 is 4.57 Å². The highest BCUT2D eigenvalue weighted by Crippen LogP contribution is 2.19. The molecule has 8 heteroatoms. The van der Waals surface area contributed by atoms with E-state index in [4.69, 9.17) is 23.2 Å². The summed E-state index contributed by atoms with van der Waals surface area (Å²) in [7, 11) is 1.82. The minimum atomic E-state index is 0.292. The van der Waals surface area contributed by atoms with Crippen LogP contribution in [0, 0.1) is 0 Å². The number of aromatic nitrogens is 6. The van der Waals surface area contributed by atoms with Gasteiger partial charge in [-0.3, -0.25) is 4.68 Å². The topological polar surface area (TPSA) is 61.4 Å². The molecule has 0 radical (unpaired) electrons. The number of hydrogen-bond acceptors (Lipinski definition) is 4. The molecule has 3 aromatic heterocycles. The molecule has 0 aliphatic heterocycles. The van der Waals surface area contributed by atoms with Crippen LogP contribution >= 0.6 is 23.2 Å². The van der Waals surface area contributed by atoms with Crippen LogP contribution in [0.15, 0.2) is 18.6 Å². The second-order valence-electron chi connectivity index (χ2n) is 4.08. The maximum absolute atomic E-state index is 5.92. The highest BCUT2D eigenvalue weighted by Gasteiger charge is 2.13. The Morgan fingerprint density at radius 1 is 1.32 bits per heavy atom. The van der Waals surface area contributed by atoms with Gasteiger partial charge in [-0.15, -0.1) is 11.6 Å². The van der Waals surface area contributed by atoms with Crippen molar-refractivity contribution in [2.75, 3.05) is 0 Å². The van der Waals surface area contributed by atoms with E-state index in [9.17, 15) is 0 Å². The summed E-state index contributed by atoms with van der Waals surface area (Å²) in [6.45, 7) is 0.480. The summed E-state index contributed by atoms with van der Waals surface area (Å²) in [6.07, 6.45) is 3.24. The van der Waals surface area contributed by atoms with Crippen LogP contribution in [0.3, 0.4) is 0 Å². The van der Waals surface area contributed by atoms with Crippen LogP contribution in [0.2, 0.25) is 5.02 Å². The lowest BCUT2D eigenvalue weighted by Gasteiger charge is -2.03. The van der Waals surface area contributed by atoms with Crippen molar-refractivity contribution in [3.05, 3.63) is 35.3 Å². The normalized spacial score (nSPS) is 11.3. The van der Waals surface area contributed by atoms with Crippen molar-refractivity contribution in [1.29, 1.82) is 0 Å². The molecule has 0 fully saturated rings. The van der Waals surface area contributed by atoms with Gasteiger partial charge in [0.05, 0.1) is 17.4 Å². The van der Waals surface area contributed by atoms with Crippen molar-refractivity contribution in [3.63, 3.8) is 0 Å². The third-order valence-corrected chi connectivity index (χ3v) is 3.14. The molecule has 0 bridgehead atoms. The van der Waals surface area contributed by atoms with Gasteiger partial charge in [-0.2, -0.15) is 5.10 Å². The first-order valence-electron chi connectivity index (χ1n) is 5.58. The van der Waals surface area contributed by atoms with Crippen LogP contribution in [0.25, 0.3) is 11.2 Å². The van der Waals surface area contributed by atoms with Gasteiger partial charge in [-0.05, 0) is 6.07 Å². The van der Waals surface area contributed by atoms with Crippen molar-refractivity contribution in [2.24, 2.45) is 7.05 Å². The predicted molar refractivity (Wildman–Crippen MR) is 72.2 cm³/mol.